The average Bonchev–Trinajstić information content (AvgIpc) is 2.94. The van der Waals surface area contributed by atoms with Gasteiger partial charge in [0.15, 0.2) is 0 Å². The van der Waals surface area contributed by atoms with Crippen LogP contribution in [0.4, 0.5) is 18.0 Å². The van der Waals surface area contributed by atoms with Crippen LogP contribution in [-0.4, -0.2) is 45.8 Å². The van der Waals surface area contributed by atoms with E-state index in [-0.39, 0.29) is 25.8 Å². The number of carboxylic acid groups (broad SMARTS) is 1. The van der Waals surface area contributed by atoms with Gasteiger partial charge in [-0.2, -0.15) is 13.2 Å². The van der Waals surface area contributed by atoms with Crippen molar-refractivity contribution in [3.63, 3.8) is 0 Å². The monoisotopic (exact) mass is 280 g/mol. The maximum absolute atomic E-state index is 12.7. The van der Waals surface area contributed by atoms with Crippen LogP contribution in [0, 0.1) is 0 Å². The standard InChI is InChI=1S/C11H15F3N2O3/c1-9(7(17)18)3-2-6-16(9)8(19)15-10(4-5-10)11(12,13)14/h2-6H2,1H3,(H,15,19)(H,17,18). The maximum Gasteiger partial charge on any atom is 0.411 e. The minimum Gasteiger partial charge on any atom is -0.480 e. The van der Waals surface area contributed by atoms with Crippen molar-refractivity contribution in [2.75, 3.05) is 6.54 Å². The molecule has 8 heteroatoms. The molecule has 0 radical (unpaired) electrons. The van der Waals surface area contributed by atoms with E-state index < -0.39 is 29.3 Å². The smallest absolute Gasteiger partial charge is 0.411 e. The Morgan fingerprint density at radius 1 is 1.26 bits per heavy atom. The number of aliphatic carboxylic acids is 1. The highest BCUT2D eigenvalue weighted by Gasteiger charge is 2.65. The number of hydrogen-bond acceptors (Lipinski definition) is 2. The summed E-state index contributed by atoms with van der Waals surface area (Å²) in [6.07, 6.45) is -4.09. The summed E-state index contributed by atoms with van der Waals surface area (Å²) >= 11 is 0. The van der Waals surface area contributed by atoms with Gasteiger partial charge >= 0.3 is 18.2 Å². The van der Waals surface area contributed by atoms with E-state index in [9.17, 15) is 22.8 Å². The molecule has 2 rings (SSSR count). The molecule has 0 bridgehead atoms. The van der Waals surface area contributed by atoms with Crippen LogP contribution in [0.3, 0.4) is 0 Å². The minimum atomic E-state index is -4.50. The fourth-order valence-corrected chi connectivity index (χ4v) is 2.39. The molecule has 0 aromatic carbocycles. The number of halogens is 3. The summed E-state index contributed by atoms with van der Waals surface area (Å²) in [6.45, 7) is 1.51. The van der Waals surface area contributed by atoms with Crippen LogP contribution in [-0.2, 0) is 4.79 Å². The summed E-state index contributed by atoms with van der Waals surface area (Å²) in [5.41, 5.74) is -3.59. The Labute approximate surface area is 107 Å². The number of alkyl halides is 3. The summed E-state index contributed by atoms with van der Waals surface area (Å²) in [7, 11) is 0. The van der Waals surface area contributed by atoms with Crippen LogP contribution in [0.15, 0.2) is 0 Å². The van der Waals surface area contributed by atoms with Crippen molar-refractivity contribution in [2.24, 2.45) is 0 Å². The molecule has 1 atom stereocenters. The van der Waals surface area contributed by atoms with E-state index in [0.717, 1.165) is 4.90 Å². The summed E-state index contributed by atoms with van der Waals surface area (Å²) in [5.74, 6) is -1.20. The fourth-order valence-electron chi connectivity index (χ4n) is 2.39. The number of carboxylic acids is 1. The molecule has 2 N–H and O–H groups in total. The van der Waals surface area contributed by atoms with E-state index in [4.69, 9.17) is 5.11 Å². The van der Waals surface area contributed by atoms with Gasteiger partial charge in [0, 0.05) is 6.54 Å². The first kappa shape index (κ1) is 14.0. The summed E-state index contributed by atoms with van der Waals surface area (Å²) in [5, 5.41) is 11.1. The number of carbonyl (C=O) groups excluding carboxylic acids is 1. The Bertz CT molecular complexity index is 420. The van der Waals surface area contributed by atoms with Crippen LogP contribution in [0.5, 0.6) is 0 Å². The molecule has 19 heavy (non-hydrogen) atoms. The van der Waals surface area contributed by atoms with Crippen LogP contribution in [0.1, 0.15) is 32.6 Å². The Balaban J connectivity index is 2.11. The second-order valence-electron chi connectivity index (χ2n) is 5.34. The molecular formula is C11H15F3N2O3. The van der Waals surface area contributed by atoms with Gasteiger partial charge in [0.05, 0.1) is 0 Å². The fraction of sp³-hybridized carbons (Fsp3) is 0.818. The van der Waals surface area contributed by atoms with E-state index >= 15 is 0 Å². The number of hydrogen-bond donors (Lipinski definition) is 2. The van der Waals surface area contributed by atoms with Gasteiger partial charge in [-0.1, -0.05) is 0 Å². The molecule has 1 aliphatic heterocycles. The van der Waals surface area contributed by atoms with Gasteiger partial charge in [0.2, 0.25) is 0 Å². The third-order valence-electron chi connectivity index (χ3n) is 3.99. The molecule has 1 aliphatic carbocycles. The number of nitrogens with zero attached hydrogens (tertiary/aromatic N) is 1. The predicted octanol–water partition coefficient (Wildman–Crippen LogP) is 1.73. The molecule has 0 aromatic heterocycles. The lowest BCUT2D eigenvalue weighted by Gasteiger charge is -2.33. The average molecular weight is 280 g/mol. The van der Waals surface area contributed by atoms with Gasteiger partial charge in [-0.25, -0.2) is 9.59 Å². The third-order valence-corrected chi connectivity index (χ3v) is 3.99. The van der Waals surface area contributed by atoms with Crippen LogP contribution in [0.25, 0.3) is 0 Å². The molecule has 0 aromatic rings. The molecular weight excluding hydrogens is 265 g/mol. The Morgan fingerprint density at radius 2 is 1.84 bits per heavy atom. The van der Waals surface area contributed by atoms with Gasteiger partial charge in [-0.3, -0.25) is 0 Å². The molecule has 0 spiro atoms. The first-order valence-corrected chi connectivity index (χ1v) is 6.02. The van der Waals surface area contributed by atoms with E-state index in [2.05, 4.69) is 0 Å². The molecule has 5 nitrogen and oxygen atoms in total. The number of urea groups is 1. The van der Waals surface area contributed by atoms with Crippen LogP contribution >= 0.6 is 0 Å². The van der Waals surface area contributed by atoms with Crippen LogP contribution < -0.4 is 5.32 Å². The second kappa shape index (κ2) is 4.01. The first-order valence-electron chi connectivity index (χ1n) is 6.02. The molecule has 1 unspecified atom stereocenters. The molecule has 1 saturated heterocycles. The topological polar surface area (TPSA) is 69.6 Å². The predicted molar refractivity (Wildman–Crippen MR) is 58.5 cm³/mol. The summed E-state index contributed by atoms with van der Waals surface area (Å²) in [4.78, 5) is 24.1. The molecule has 1 saturated carbocycles. The zero-order valence-corrected chi connectivity index (χ0v) is 10.4. The SMILES string of the molecule is CC1(C(=O)O)CCCN1C(=O)NC1(C(F)(F)F)CC1. The Hall–Kier alpha value is -1.47. The highest BCUT2D eigenvalue weighted by molar-refractivity contribution is 5.87. The maximum atomic E-state index is 12.7. The van der Waals surface area contributed by atoms with Crippen molar-refractivity contribution in [1.82, 2.24) is 10.2 Å². The quantitative estimate of drug-likeness (QED) is 0.809. The lowest BCUT2D eigenvalue weighted by molar-refractivity contribution is -0.163. The number of likely N-dealkylation sites (tertiary alicyclic amines) is 1. The highest BCUT2D eigenvalue weighted by atomic mass is 19.4. The van der Waals surface area contributed by atoms with Gasteiger partial charge in [-0.15, -0.1) is 0 Å². The van der Waals surface area contributed by atoms with E-state index in [1.165, 1.54) is 6.92 Å². The van der Waals surface area contributed by atoms with Crippen molar-refractivity contribution in [3.05, 3.63) is 0 Å². The Kier molecular flexibility index (Phi) is 2.94. The van der Waals surface area contributed by atoms with Crippen molar-refractivity contribution >= 4 is 12.0 Å². The lowest BCUT2D eigenvalue weighted by atomic mass is 10.00. The highest BCUT2D eigenvalue weighted by Crippen LogP contribution is 2.49. The molecule has 1 heterocycles. The Morgan fingerprint density at radius 3 is 2.26 bits per heavy atom. The summed E-state index contributed by atoms with van der Waals surface area (Å²) < 4.78 is 38.2. The van der Waals surface area contributed by atoms with Crippen molar-refractivity contribution in [3.8, 4) is 0 Å². The van der Waals surface area contributed by atoms with Crippen molar-refractivity contribution < 1.29 is 27.9 Å². The van der Waals surface area contributed by atoms with E-state index in [0.29, 0.717) is 6.42 Å². The molecule has 2 aliphatic rings. The second-order valence-corrected chi connectivity index (χ2v) is 5.34. The molecule has 2 amide bonds. The summed E-state index contributed by atoms with van der Waals surface area (Å²) in [6, 6.07) is -0.947. The normalized spacial score (nSPS) is 29.2. The van der Waals surface area contributed by atoms with Crippen molar-refractivity contribution in [1.29, 1.82) is 0 Å². The van der Waals surface area contributed by atoms with E-state index in [1.807, 2.05) is 5.32 Å². The van der Waals surface area contributed by atoms with Gasteiger partial charge in [-0.05, 0) is 32.6 Å². The van der Waals surface area contributed by atoms with Crippen molar-refractivity contribution in [2.45, 2.75) is 49.9 Å². The van der Waals surface area contributed by atoms with Gasteiger partial charge in [0.25, 0.3) is 0 Å². The lowest BCUT2D eigenvalue weighted by Crippen LogP contribution is -2.58. The third kappa shape index (κ3) is 2.12. The van der Waals surface area contributed by atoms with Crippen LogP contribution in [0.2, 0.25) is 0 Å². The van der Waals surface area contributed by atoms with Gasteiger partial charge in [0.1, 0.15) is 11.1 Å². The number of rotatable bonds is 2. The molecule has 108 valence electrons. The van der Waals surface area contributed by atoms with E-state index in [1.54, 1.807) is 0 Å². The number of carbonyl (C=O) groups is 2. The largest absolute Gasteiger partial charge is 0.480 e. The minimum absolute atomic E-state index is 0.153. The zero-order valence-electron chi connectivity index (χ0n) is 10.4. The zero-order chi connectivity index (χ0) is 14.5. The number of nitrogens with one attached hydrogen (secondary N) is 1. The van der Waals surface area contributed by atoms with Gasteiger partial charge < -0.3 is 15.3 Å². The molecule has 2 fully saturated rings. The first-order chi connectivity index (χ1) is 8.62. The number of amides is 2.